The highest BCUT2D eigenvalue weighted by Gasteiger charge is 2.26. The third-order valence-electron chi connectivity index (χ3n) is 4.80. The molecule has 8 heteroatoms. The van der Waals surface area contributed by atoms with Gasteiger partial charge in [0.1, 0.15) is 5.56 Å². The van der Waals surface area contributed by atoms with Gasteiger partial charge in [-0.2, -0.15) is 0 Å². The van der Waals surface area contributed by atoms with Gasteiger partial charge in [-0.3, -0.25) is 14.4 Å². The number of aromatic amines is 1. The van der Waals surface area contributed by atoms with Gasteiger partial charge in [-0.1, -0.05) is 11.6 Å². The van der Waals surface area contributed by atoms with Crippen molar-refractivity contribution < 1.29 is 14.3 Å². The predicted molar refractivity (Wildman–Crippen MR) is 107 cm³/mol. The molecule has 0 bridgehead atoms. The van der Waals surface area contributed by atoms with Crippen molar-refractivity contribution in [3.05, 3.63) is 62.0 Å². The second-order valence-corrected chi connectivity index (χ2v) is 7.13. The number of nitrogens with one attached hydrogen (secondary N) is 2. The average molecular weight is 404 g/mol. The summed E-state index contributed by atoms with van der Waals surface area (Å²) in [7, 11) is 1.55. The molecule has 0 aliphatic carbocycles. The minimum absolute atomic E-state index is 0.0126. The molecule has 1 aromatic carbocycles. The number of fused-ring (bicyclic) bond motifs is 1. The van der Waals surface area contributed by atoms with Crippen LogP contribution in [0.2, 0.25) is 5.02 Å². The number of hydrogen-bond donors (Lipinski definition) is 2. The van der Waals surface area contributed by atoms with E-state index >= 15 is 0 Å². The van der Waals surface area contributed by atoms with Crippen molar-refractivity contribution in [3.63, 3.8) is 0 Å². The first kappa shape index (κ1) is 20.1. The maximum atomic E-state index is 12.8. The molecule has 148 valence electrons. The van der Waals surface area contributed by atoms with E-state index in [0.717, 1.165) is 11.1 Å². The van der Waals surface area contributed by atoms with Gasteiger partial charge in [-0.25, -0.2) is 0 Å². The van der Waals surface area contributed by atoms with Gasteiger partial charge in [0, 0.05) is 37.1 Å². The van der Waals surface area contributed by atoms with E-state index in [0.29, 0.717) is 48.8 Å². The Hall–Kier alpha value is -2.64. The number of carbonyl (C=O) groups is 2. The molecule has 0 spiro atoms. The Kier molecular flexibility index (Phi) is 6.16. The summed E-state index contributed by atoms with van der Waals surface area (Å²) < 4.78 is 4.96. The van der Waals surface area contributed by atoms with Gasteiger partial charge in [0.05, 0.1) is 13.0 Å². The molecule has 2 amide bonds. The van der Waals surface area contributed by atoms with Crippen molar-refractivity contribution in [2.75, 3.05) is 25.6 Å². The van der Waals surface area contributed by atoms with Crippen LogP contribution in [-0.2, 0) is 22.5 Å². The van der Waals surface area contributed by atoms with Crippen LogP contribution < -0.4 is 10.9 Å². The Morgan fingerprint density at radius 3 is 2.86 bits per heavy atom. The highest BCUT2D eigenvalue weighted by atomic mass is 35.5. The van der Waals surface area contributed by atoms with Gasteiger partial charge >= 0.3 is 0 Å². The monoisotopic (exact) mass is 403 g/mol. The molecule has 0 radical (unpaired) electrons. The highest BCUT2D eigenvalue weighted by Crippen LogP contribution is 2.23. The number of ether oxygens (including phenoxy) is 1. The van der Waals surface area contributed by atoms with Crippen LogP contribution in [0, 0.1) is 6.92 Å². The number of anilines is 1. The smallest absolute Gasteiger partial charge is 0.261 e. The quantitative estimate of drug-likeness (QED) is 0.802. The number of rotatable bonds is 5. The first-order chi connectivity index (χ1) is 13.4. The van der Waals surface area contributed by atoms with Crippen LogP contribution in [0.15, 0.2) is 29.2 Å². The molecular weight excluding hydrogens is 382 g/mol. The Balaban J connectivity index is 1.83. The van der Waals surface area contributed by atoms with Gasteiger partial charge in [-0.15, -0.1) is 0 Å². The number of amides is 2. The van der Waals surface area contributed by atoms with Crippen LogP contribution in [0.25, 0.3) is 0 Å². The SMILES string of the molecule is COCCC(=O)N1CCc2c(c[nH]c(=O)c2C(=O)Nc2ccc(Cl)c(C)c2)C1. The molecule has 0 atom stereocenters. The van der Waals surface area contributed by atoms with Crippen molar-refractivity contribution in [3.8, 4) is 0 Å². The largest absolute Gasteiger partial charge is 0.384 e. The molecule has 1 aromatic heterocycles. The summed E-state index contributed by atoms with van der Waals surface area (Å²) in [5.41, 5.74) is 2.50. The number of hydrogen-bond acceptors (Lipinski definition) is 4. The fourth-order valence-electron chi connectivity index (χ4n) is 3.28. The van der Waals surface area contributed by atoms with E-state index in [1.165, 1.54) is 0 Å². The summed E-state index contributed by atoms with van der Waals surface area (Å²) in [6, 6.07) is 5.13. The lowest BCUT2D eigenvalue weighted by Crippen LogP contribution is -2.39. The van der Waals surface area contributed by atoms with Crippen molar-refractivity contribution in [1.29, 1.82) is 0 Å². The Bertz CT molecular complexity index is 970. The second-order valence-electron chi connectivity index (χ2n) is 6.72. The van der Waals surface area contributed by atoms with E-state index < -0.39 is 11.5 Å². The zero-order chi connectivity index (χ0) is 20.3. The summed E-state index contributed by atoms with van der Waals surface area (Å²) in [6.45, 7) is 3.01. The highest BCUT2D eigenvalue weighted by molar-refractivity contribution is 6.31. The molecule has 2 heterocycles. The van der Waals surface area contributed by atoms with Gasteiger partial charge < -0.3 is 19.9 Å². The minimum atomic E-state index is -0.473. The van der Waals surface area contributed by atoms with Crippen molar-refractivity contribution in [2.24, 2.45) is 0 Å². The topological polar surface area (TPSA) is 91.5 Å². The number of halogens is 1. The number of nitrogens with zero attached hydrogens (tertiary/aromatic N) is 1. The molecule has 0 unspecified atom stereocenters. The fourth-order valence-corrected chi connectivity index (χ4v) is 3.40. The summed E-state index contributed by atoms with van der Waals surface area (Å²) >= 11 is 6.02. The number of pyridine rings is 1. The summed E-state index contributed by atoms with van der Waals surface area (Å²) in [5.74, 6) is -0.486. The molecule has 1 aliphatic rings. The fraction of sp³-hybridized carbons (Fsp3) is 0.350. The molecule has 3 rings (SSSR count). The molecule has 1 aliphatic heterocycles. The van der Waals surface area contributed by atoms with Crippen LogP contribution in [0.1, 0.15) is 33.5 Å². The van der Waals surface area contributed by atoms with E-state index in [1.54, 1.807) is 36.4 Å². The average Bonchev–Trinajstić information content (AvgIpc) is 2.68. The lowest BCUT2D eigenvalue weighted by molar-refractivity contribution is -0.133. The number of H-pyrrole nitrogens is 1. The minimum Gasteiger partial charge on any atom is -0.384 e. The lowest BCUT2D eigenvalue weighted by atomic mass is 9.96. The molecule has 2 aromatic rings. The van der Waals surface area contributed by atoms with Gasteiger partial charge in [-0.05, 0) is 48.2 Å². The number of aromatic nitrogens is 1. The van der Waals surface area contributed by atoms with E-state index in [9.17, 15) is 14.4 Å². The van der Waals surface area contributed by atoms with Crippen molar-refractivity contribution in [1.82, 2.24) is 9.88 Å². The molecule has 2 N–H and O–H groups in total. The van der Waals surface area contributed by atoms with Gasteiger partial charge in [0.25, 0.3) is 11.5 Å². The number of carbonyl (C=O) groups excluding carboxylic acids is 2. The molecule has 0 saturated carbocycles. The zero-order valence-corrected chi connectivity index (χ0v) is 16.6. The Morgan fingerprint density at radius 2 is 2.14 bits per heavy atom. The molecule has 7 nitrogen and oxygen atoms in total. The maximum absolute atomic E-state index is 12.8. The third kappa shape index (κ3) is 4.26. The Labute approximate surface area is 167 Å². The normalized spacial score (nSPS) is 13.2. The molecule has 28 heavy (non-hydrogen) atoms. The van der Waals surface area contributed by atoms with Gasteiger partial charge in [0.15, 0.2) is 0 Å². The summed E-state index contributed by atoms with van der Waals surface area (Å²) in [6.07, 6.45) is 2.33. The van der Waals surface area contributed by atoms with Crippen molar-refractivity contribution >= 4 is 29.1 Å². The van der Waals surface area contributed by atoms with Crippen LogP contribution >= 0.6 is 11.6 Å². The van der Waals surface area contributed by atoms with Crippen LogP contribution in [-0.4, -0.2) is 42.0 Å². The molecule has 0 fully saturated rings. The van der Waals surface area contributed by atoms with Crippen molar-refractivity contribution in [2.45, 2.75) is 26.3 Å². The summed E-state index contributed by atoms with van der Waals surface area (Å²) in [4.78, 5) is 41.7. The number of benzene rings is 1. The molecule has 0 saturated heterocycles. The first-order valence-electron chi connectivity index (χ1n) is 8.98. The van der Waals surface area contributed by atoms with E-state index in [2.05, 4.69) is 10.3 Å². The summed E-state index contributed by atoms with van der Waals surface area (Å²) in [5, 5.41) is 3.37. The Morgan fingerprint density at radius 1 is 1.36 bits per heavy atom. The van der Waals surface area contributed by atoms with Crippen LogP contribution in [0.5, 0.6) is 0 Å². The first-order valence-corrected chi connectivity index (χ1v) is 9.36. The third-order valence-corrected chi connectivity index (χ3v) is 5.23. The number of aryl methyl sites for hydroxylation is 1. The van der Waals surface area contributed by atoms with E-state index in [4.69, 9.17) is 16.3 Å². The predicted octanol–water partition coefficient (Wildman–Crippen LogP) is 2.51. The molecular formula is C20H22ClN3O4. The second kappa shape index (κ2) is 8.58. The van der Waals surface area contributed by atoms with Gasteiger partial charge in [0.2, 0.25) is 5.91 Å². The van der Waals surface area contributed by atoms with Crippen LogP contribution in [0.3, 0.4) is 0 Å². The zero-order valence-electron chi connectivity index (χ0n) is 15.8. The standard InChI is InChI=1S/C20H22ClN3O4/c1-12-9-14(3-4-16(12)21)23-20(27)18-15-5-7-24(17(25)6-8-28-2)11-13(15)10-22-19(18)26/h3-4,9-10H,5-8,11H2,1-2H3,(H,22,26)(H,23,27). The maximum Gasteiger partial charge on any atom is 0.261 e. The van der Waals surface area contributed by atoms with E-state index in [-0.39, 0.29) is 11.5 Å². The number of methoxy groups -OCH3 is 1. The lowest BCUT2D eigenvalue weighted by Gasteiger charge is -2.29. The van der Waals surface area contributed by atoms with Crippen LogP contribution in [0.4, 0.5) is 5.69 Å². The van der Waals surface area contributed by atoms with E-state index in [1.807, 2.05) is 6.92 Å².